The molecule has 0 aliphatic carbocycles. The molecule has 4 rings (SSSR count). The van der Waals surface area contributed by atoms with Crippen molar-refractivity contribution in [3.63, 3.8) is 0 Å². The number of nitrogens with zero attached hydrogens (tertiary/aromatic N) is 4. The summed E-state index contributed by atoms with van der Waals surface area (Å²) in [6.07, 6.45) is -1.68. The molecule has 160 valence electrons. The second-order valence-corrected chi connectivity index (χ2v) is 6.65. The fraction of sp³-hybridized carbons (Fsp3) is 0.389. The zero-order valence-corrected chi connectivity index (χ0v) is 15.5. The zero-order valence-electron chi connectivity index (χ0n) is 15.5. The highest BCUT2D eigenvalue weighted by Gasteiger charge is 2.44. The highest BCUT2D eigenvalue weighted by Crippen LogP contribution is 2.32. The molecular weight excluding hydrogens is 404 g/mol. The Hall–Kier alpha value is -2.93. The summed E-state index contributed by atoms with van der Waals surface area (Å²) in [6.45, 7) is -2.99. The lowest BCUT2D eigenvalue weighted by Gasteiger charge is -2.16. The Morgan fingerprint density at radius 3 is 2.57 bits per heavy atom. The molecule has 1 aliphatic rings. The molecule has 0 bridgehead atoms. The minimum atomic E-state index is -2.88. The molecule has 0 saturated carbocycles. The van der Waals surface area contributed by atoms with E-state index < -0.39 is 37.8 Å². The van der Waals surface area contributed by atoms with E-state index >= 15 is 0 Å². The number of alkyl halides is 2. The number of hydrogen-bond donors (Lipinski definition) is 4. The summed E-state index contributed by atoms with van der Waals surface area (Å²) in [7, 11) is 0. The molecule has 1 aromatic carbocycles. The number of benzene rings is 1. The third-order valence-corrected chi connectivity index (χ3v) is 4.76. The standard InChI is InChI=1S/C18H19F2N5O5/c19-18(20)29-10-3-1-9(2-4-10)5-21-15-12-16(23-7-22-15)25(8-24-12)17-14(28)13(27)11(6-26)30-17/h1-4,7-8,11,13-14,17-18,26-28H,5-6H2,(H,21,22,23)/t11-,13-,14-,17-/m1/s1. The lowest BCUT2D eigenvalue weighted by atomic mass is 10.1. The first kappa shape index (κ1) is 20.3. The van der Waals surface area contributed by atoms with Crippen molar-refractivity contribution in [1.82, 2.24) is 19.5 Å². The van der Waals surface area contributed by atoms with Crippen LogP contribution in [-0.2, 0) is 11.3 Å². The van der Waals surface area contributed by atoms with Crippen LogP contribution < -0.4 is 10.1 Å². The second kappa shape index (κ2) is 8.44. The third kappa shape index (κ3) is 3.89. The molecule has 3 heterocycles. The molecule has 10 nitrogen and oxygen atoms in total. The van der Waals surface area contributed by atoms with E-state index in [1.54, 1.807) is 12.1 Å². The summed E-state index contributed by atoms with van der Waals surface area (Å²) in [4.78, 5) is 12.6. The number of ether oxygens (including phenoxy) is 2. The van der Waals surface area contributed by atoms with Gasteiger partial charge in [0.2, 0.25) is 0 Å². The maximum Gasteiger partial charge on any atom is 0.387 e. The number of hydrogen-bond acceptors (Lipinski definition) is 9. The van der Waals surface area contributed by atoms with Crippen molar-refractivity contribution in [2.45, 2.75) is 37.7 Å². The Balaban J connectivity index is 1.51. The molecule has 1 aliphatic heterocycles. The summed E-state index contributed by atoms with van der Waals surface area (Å²) in [5.41, 5.74) is 1.57. The van der Waals surface area contributed by atoms with E-state index in [9.17, 15) is 24.1 Å². The average Bonchev–Trinajstić information content (AvgIpc) is 3.28. The van der Waals surface area contributed by atoms with Gasteiger partial charge >= 0.3 is 6.61 Å². The summed E-state index contributed by atoms with van der Waals surface area (Å²) in [5.74, 6) is 0.480. The Kier molecular flexibility index (Phi) is 5.72. The Labute approximate surface area is 168 Å². The molecule has 0 radical (unpaired) electrons. The number of aromatic nitrogens is 4. The lowest BCUT2D eigenvalue weighted by molar-refractivity contribution is -0.0511. The van der Waals surface area contributed by atoms with Crippen LogP contribution in [0.15, 0.2) is 36.9 Å². The van der Waals surface area contributed by atoms with Crippen LogP contribution in [0.5, 0.6) is 5.75 Å². The number of fused-ring (bicyclic) bond motifs is 1. The van der Waals surface area contributed by atoms with Crippen molar-refractivity contribution >= 4 is 17.0 Å². The minimum Gasteiger partial charge on any atom is -0.435 e. The lowest BCUT2D eigenvalue weighted by Crippen LogP contribution is -2.33. The fourth-order valence-electron chi connectivity index (χ4n) is 3.25. The first-order valence-corrected chi connectivity index (χ1v) is 9.05. The number of rotatable bonds is 7. The Morgan fingerprint density at radius 1 is 1.13 bits per heavy atom. The van der Waals surface area contributed by atoms with Crippen LogP contribution in [0, 0.1) is 0 Å². The predicted octanol–water partition coefficient (Wildman–Crippen LogP) is 0.651. The number of anilines is 1. The number of aliphatic hydroxyl groups excluding tert-OH is 3. The van der Waals surface area contributed by atoms with Crippen LogP contribution in [0.2, 0.25) is 0 Å². The molecule has 4 atom stereocenters. The molecule has 0 spiro atoms. The van der Waals surface area contributed by atoms with Gasteiger partial charge in [-0.2, -0.15) is 8.78 Å². The minimum absolute atomic E-state index is 0.0652. The van der Waals surface area contributed by atoms with Crippen molar-refractivity contribution in [1.29, 1.82) is 0 Å². The topological polar surface area (TPSA) is 135 Å². The summed E-state index contributed by atoms with van der Waals surface area (Å²) in [5, 5.41) is 32.6. The van der Waals surface area contributed by atoms with Crippen molar-refractivity contribution in [3.8, 4) is 5.75 Å². The van der Waals surface area contributed by atoms with Gasteiger partial charge in [0.1, 0.15) is 30.4 Å². The van der Waals surface area contributed by atoms with Gasteiger partial charge in [-0.15, -0.1) is 0 Å². The highest BCUT2D eigenvalue weighted by molar-refractivity contribution is 5.82. The van der Waals surface area contributed by atoms with E-state index in [-0.39, 0.29) is 5.75 Å². The SMILES string of the molecule is OC[C@H]1O[C@@H](n2cnc3c(NCc4ccc(OC(F)F)cc4)ncnc32)[C@H](O)[C@@H]1O. The van der Waals surface area contributed by atoms with Crippen molar-refractivity contribution in [2.75, 3.05) is 11.9 Å². The van der Waals surface area contributed by atoms with E-state index in [1.807, 2.05) is 0 Å². The maximum absolute atomic E-state index is 12.2. The maximum atomic E-state index is 12.2. The monoisotopic (exact) mass is 423 g/mol. The van der Waals surface area contributed by atoms with Gasteiger partial charge < -0.3 is 30.1 Å². The van der Waals surface area contributed by atoms with E-state index in [4.69, 9.17) is 4.74 Å². The smallest absolute Gasteiger partial charge is 0.387 e. The molecule has 4 N–H and O–H groups in total. The van der Waals surface area contributed by atoms with Crippen molar-refractivity contribution in [2.24, 2.45) is 0 Å². The van der Waals surface area contributed by atoms with Crippen molar-refractivity contribution in [3.05, 3.63) is 42.5 Å². The van der Waals surface area contributed by atoms with E-state index in [0.29, 0.717) is 23.5 Å². The zero-order chi connectivity index (χ0) is 21.3. The van der Waals surface area contributed by atoms with E-state index in [1.165, 1.54) is 29.4 Å². The predicted molar refractivity (Wildman–Crippen MR) is 98.7 cm³/mol. The number of halogens is 2. The number of aliphatic hydroxyl groups is 3. The molecule has 30 heavy (non-hydrogen) atoms. The summed E-state index contributed by atoms with van der Waals surface area (Å²) < 4.78 is 35.8. The van der Waals surface area contributed by atoms with Gasteiger partial charge in [0.15, 0.2) is 23.2 Å². The van der Waals surface area contributed by atoms with Crippen LogP contribution >= 0.6 is 0 Å². The summed E-state index contributed by atoms with van der Waals surface area (Å²) >= 11 is 0. The largest absolute Gasteiger partial charge is 0.435 e. The molecule has 1 saturated heterocycles. The van der Waals surface area contributed by atoms with Gasteiger partial charge in [-0.1, -0.05) is 12.1 Å². The van der Waals surface area contributed by atoms with Crippen LogP contribution in [0.3, 0.4) is 0 Å². The van der Waals surface area contributed by atoms with Gasteiger partial charge in [-0.3, -0.25) is 4.57 Å². The molecule has 2 aromatic heterocycles. The molecular formula is C18H19F2N5O5. The Morgan fingerprint density at radius 2 is 1.90 bits per heavy atom. The van der Waals surface area contributed by atoms with Crippen LogP contribution in [0.25, 0.3) is 11.2 Å². The van der Waals surface area contributed by atoms with E-state index in [2.05, 4.69) is 25.0 Å². The van der Waals surface area contributed by atoms with Crippen molar-refractivity contribution < 1.29 is 33.6 Å². The van der Waals surface area contributed by atoms with Crippen LogP contribution in [0.4, 0.5) is 14.6 Å². The Bertz CT molecular complexity index is 1000. The van der Waals surface area contributed by atoms with Gasteiger partial charge in [0.05, 0.1) is 12.9 Å². The van der Waals surface area contributed by atoms with Gasteiger partial charge in [0.25, 0.3) is 0 Å². The van der Waals surface area contributed by atoms with Gasteiger partial charge in [0, 0.05) is 6.54 Å². The molecule has 0 unspecified atom stereocenters. The molecule has 3 aromatic rings. The molecule has 1 fully saturated rings. The van der Waals surface area contributed by atoms with Gasteiger partial charge in [-0.05, 0) is 17.7 Å². The van der Waals surface area contributed by atoms with Crippen LogP contribution in [-0.4, -0.2) is 66.4 Å². The van der Waals surface area contributed by atoms with Crippen LogP contribution in [0.1, 0.15) is 11.8 Å². The average molecular weight is 423 g/mol. The highest BCUT2D eigenvalue weighted by atomic mass is 19.3. The third-order valence-electron chi connectivity index (χ3n) is 4.76. The second-order valence-electron chi connectivity index (χ2n) is 6.65. The first-order valence-electron chi connectivity index (χ1n) is 9.05. The summed E-state index contributed by atoms with van der Waals surface area (Å²) in [6, 6.07) is 6.16. The molecule has 0 amide bonds. The fourth-order valence-corrected chi connectivity index (χ4v) is 3.25. The van der Waals surface area contributed by atoms with E-state index in [0.717, 1.165) is 5.56 Å². The van der Waals surface area contributed by atoms with Gasteiger partial charge in [-0.25, -0.2) is 15.0 Å². The quantitative estimate of drug-likeness (QED) is 0.432. The normalized spacial score (nSPS) is 23.9. The number of nitrogens with one attached hydrogen (secondary N) is 1. The first-order chi connectivity index (χ1) is 14.5. The number of imidazole rings is 1. The molecule has 12 heteroatoms.